The van der Waals surface area contributed by atoms with Crippen LogP contribution >= 0.6 is 12.2 Å². The fourth-order valence-corrected chi connectivity index (χ4v) is 3.34. The fraction of sp³-hybridized carbons (Fsp3) is 0.217. The van der Waals surface area contributed by atoms with Crippen molar-refractivity contribution in [2.45, 2.75) is 13.3 Å². The van der Waals surface area contributed by atoms with Crippen LogP contribution in [0.2, 0.25) is 0 Å². The third-order valence-corrected chi connectivity index (χ3v) is 4.84. The van der Waals surface area contributed by atoms with Crippen LogP contribution in [0.25, 0.3) is 16.5 Å². The predicted molar refractivity (Wildman–Crippen MR) is 125 cm³/mol. The molecule has 0 aliphatic heterocycles. The van der Waals surface area contributed by atoms with Crippen molar-refractivity contribution in [3.63, 3.8) is 0 Å². The standard InChI is InChI=1S/C23H26N4OS/c1-4-16(12-13-27(2)3)20-15-24-21-11-10-18(14-19(20)21)25-23(29)26-22(28)17-8-6-5-7-9-17/h5-12,14-15,24H,4,13H2,1-3H3,(H2,25,26,28,29)/b16-12+. The number of nitrogens with zero attached hydrogens (tertiary/aromatic N) is 1. The molecule has 2 aromatic carbocycles. The minimum atomic E-state index is -0.230. The van der Waals surface area contributed by atoms with Crippen LogP contribution in [0.15, 0.2) is 60.8 Å². The van der Waals surface area contributed by atoms with E-state index in [9.17, 15) is 4.79 Å². The van der Waals surface area contributed by atoms with E-state index >= 15 is 0 Å². The molecule has 0 bridgehead atoms. The fourth-order valence-electron chi connectivity index (χ4n) is 3.13. The molecular formula is C23H26N4OS. The lowest BCUT2D eigenvalue weighted by atomic mass is 10.0. The Morgan fingerprint density at radius 2 is 1.93 bits per heavy atom. The lowest BCUT2D eigenvalue weighted by Crippen LogP contribution is -2.34. The van der Waals surface area contributed by atoms with Crippen LogP contribution in [0.4, 0.5) is 5.69 Å². The molecule has 1 heterocycles. The summed E-state index contributed by atoms with van der Waals surface area (Å²) in [5.74, 6) is -0.230. The molecule has 3 rings (SSSR count). The van der Waals surface area contributed by atoms with E-state index in [1.54, 1.807) is 12.1 Å². The van der Waals surface area contributed by atoms with Crippen LogP contribution < -0.4 is 10.6 Å². The molecule has 0 atom stereocenters. The van der Waals surface area contributed by atoms with Crippen molar-refractivity contribution < 1.29 is 4.79 Å². The molecule has 5 nitrogen and oxygen atoms in total. The van der Waals surface area contributed by atoms with Gasteiger partial charge in [-0.2, -0.15) is 0 Å². The first-order valence-corrected chi connectivity index (χ1v) is 10.0. The Kier molecular flexibility index (Phi) is 6.80. The van der Waals surface area contributed by atoms with Crippen molar-refractivity contribution >= 4 is 45.4 Å². The zero-order valence-electron chi connectivity index (χ0n) is 17.0. The summed E-state index contributed by atoms with van der Waals surface area (Å²) in [6.07, 6.45) is 5.26. The van der Waals surface area contributed by atoms with E-state index < -0.39 is 0 Å². The average molecular weight is 407 g/mol. The minimum absolute atomic E-state index is 0.230. The number of benzene rings is 2. The van der Waals surface area contributed by atoms with Crippen molar-refractivity contribution in [1.82, 2.24) is 15.2 Å². The summed E-state index contributed by atoms with van der Waals surface area (Å²) in [6, 6.07) is 15.0. The lowest BCUT2D eigenvalue weighted by Gasteiger charge is -2.11. The first-order chi connectivity index (χ1) is 14.0. The molecule has 29 heavy (non-hydrogen) atoms. The van der Waals surface area contributed by atoms with Gasteiger partial charge in [0.2, 0.25) is 0 Å². The molecule has 3 N–H and O–H groups in total. The zero-order chi connectivity index (χ0) is 20.8. The van der Waals surface area contributed by atoms with Gasteiger partial charge in [-0.15, -0.1) is 0 Å². The van der Waals surface area contributed by atoms with Gasteiger partial charge in [-0.05, 0) is 68.6 Å². The number of carbonyl (C=O) groups is 1. The maximum Gasteiger partial charge on any atom is 0.257 e. The van der Waals surface area contributed by atoms with Crippen molar-refractivity contribution in [2.75, 3.05) is 26.0 Å². The number of allylic oxidation sites excluding steroid dienone is 1. The number of carbonyl (C=O) groups excluding carboxylic acids is 1. The van der Waals surface area contributed by atoms with Crippen LogP contribution in [-0.4, -0.2) is 41.5 Å². The summed E-state index contributed by atoms with van der Waals surface area (Å²) >= 11 is 5.32. The number of hydrogen-bond acceptors (Lipinski definition) is 3. The van der Waals surface area contributed by atoms with Gasteiger partial charge >= 0.3 is 0 Å². The van der Waals surface area contributed by atoms with Crippen molar-refractivity contribution in [3.8, 4) is 0 Å². The highest BCUT2D eigenvalue weighted by molar-refractivity contribution is 7.80. The molecule has 6 heteroatoms. The largest absolute Gasteiger partial charge is 0.361 e. The monoisotopic (exact) mass is 406 g/mol. The summed E-state index contributed by atoms with van der Waals surface area (Å²) in [7, 11) is 4.12. The van der Waals surface area contributed by atoms with Crippen LogP contribution in [0.3, 0.4) is 0 Å². The molecular weight excluding hydrogens is 380 g/mol. The second-order valence-corrected chi connectivity index (χ2v) is 7.49. The van der Waals surface area contributed by atoms with Crippen molar-refractivity contribution in [3.05, 3.63) is 71.9 Å². The number of H-pyrrole nitrogens is 1. The normalized spacial score (nSPS) is 11.7. The van der Waals surface area contributed by atoms with Gasteiger partial charge in [0.25, 0.3) is 5.91 Å². The number of nitrogens with one attached hydrogen (secondary N) is 3. The highest BCUT2D eigenvalue weighted by Gasteiger charge is 2.11. The molecule has 0 aliphatic carbocycles. The summed E-state index contributed by atoms with van der Waals surface area (Å²) in [5, 5.41) is 7.24. The van der Waals surface area contributed by atoms with Crippen LogP contribution in [-0.2, 0) is 0 Å². The Labute approximate surface area is 176 Å². The number of hydrogen-bond donors (Lipinski definition) is 3. The Bertz CT molecular complexity index is 1040. The molecule has 3 aromatic rings. The van der Waals surface area contributed by atoms with E-state index in [4.69, 9.17) is 12.2 Å². The van der Waals surface area contributed by atoms with Gasteiger partial charge in [0.05, 0.1) is 0 Å². The van der Waals surface area contributed by atoms with E-state index in [0.29, 0.717) is 5.56 Å². The average Bonchev–Trinajstić information content (AvgIpc) is 3.12. The summed E-state index contributed by atoms with van der Waals surface area (Å²) in [6.45, 7) is 3.06. The number of fused-ring (bicyclic) bond motifs is 1. The molecule has 0 saturated carbocycles. The topological polar surface area (TPSA) is 60.2 Å². The van der Waals surface area contributed by atoms with Gasteiger partial charge < -0.3 is 15.2 Å². The molecule has 0 unspecified atom stereocenters. The molecule has 0 radical (unpaired) electrons. The van der Waals surface area contributed by atoms with Gasteiger partial charge in [0, 0.05) is 40.5 Å². The summed E-state index contributed by atoms with van der Waals surface area (Å²) in [5.41, 5.74) is 4.95. The van der Waals surface area contributed by atoms with E-state index in [0.717, 1.165) is 29.6 Å². The van der Waals surface area contributed by atoms with Gasteiger partial charge in [-0.1, -0.05) is 31.2 Å². The number of anilines is 1. The second-order valence-electron chi connectivity index (χ2n) is 7.08. The van der Waals surface area contributed by atoms with Gasteiger partial charge in [-0.3, -0.25) is 10.1 Å². The summed E-state index contributed by atoms with van der Waals surface area (Å²) < 4.78 is 0. The van der Waals surface area contributed by atoms with Crippen LogP contribution in [0, 0.1) is 0 Å². The number of aromatic amines is 1. The van der Waals surface area contributed by atoms with E-state index in [1.807, 2.05) is 30.3 Å². The van der Waals surface area contributed by atoms with E-state index in [2.05, 4.69) is 59.9 Å². The van der Waals surface area contributed by atoms with Crippen molar-refractivity contribution in [2.24, 2.45) is 0 Å². The number of likely N-dealkylation sites (N-methyl/N-ethyl adjacent to an activating group) is 1. The third-order valence-electron chi connectivity index (χ3n) is 4.63. The SMILES string of the molecule is CC/C(=C\CN(C)C)c1c[nH]c2ccc(NC(=S)NC(=O)c3ccccc3)cc12. The van der Waals surface area contributed by atoms with Gasteiger partial charge in [-0.25, -0.2) is 0 Å². The Morgan fingerprint density at radius 1 is 1.17 bits per heavy atom. The molecule has 1 amide bonds. The first-order valence-electron chi connectivity index (χ1n) is 9.60. The predicted octanol–water partition coefficient (Wildman–Crippen LogP) is 4.65. The number of rotatable bonds is 6. The molecule has 0 aliphatic rings. The maximum absolute atomic E-state index is 12.3. The first kappa shape index (κ1) is 20.8. The highest BCUT2D eigenvalue weighted by Crippen LogP contribution is 2.29. The lowest BCUT2D eigenvalue weighted by molar-refractivity contribution is 0.0977. The third kappa shape index (κ3) is 5.31. The summed E-state index contributed by atoms with van der Waals surface area (Å²) in [4.78, 5) is 17.8. The highest BCUT2D eigenvalue weighted by atomic mass is 32.1. The smallest absolute Gasteiger partial charge is 0.257 e. The molecule has 0 saturated heterocycles. The molecule has 150 valence electrons. The molecule has 0 fully saturated rings. The number of thiocarbonyl (C=S) groups is 1. The zero-order valence-corrected chi connectivity index (χ0v) is 17.8. The van der Waals surface area contributed by atoms with Crippen LogP contribution in [0.5, 0.6) is 0 Å². The van der Waals surface area contributed by atoms with Crippen molar-refractivity contribution in [1.29, 1.82) is 0 Å². The Morgan fingerprint density at radius 3 is 2.62 bits per heavy atom. The van der Waals surface area contributed by atoms with Gasteiger partial charge in [0.1, 0.15) is 0 Å². The van der Waals surface area contributed by atoms with Gasteiger partial charge in [0.15, 0.2) is 5.11 Å². The van der Waals surface area contributed by atoms with E-state index in [1.165, 1.54) is 11.1 Å². The number of aromatic nitrogens is 1. The quantitative estimate of drug-likeness (QED) is 0.522. The number of amides is 1. The Hall–Kier alpha value is -2.96. The minimum Gasteiger partial charge on any atom is -0.361 e. The van der Waals surface area contributed by atoms with Crippen LogP contribution in [0.1, 0.15) is 29.3 Å². The molecule has 0 spiro atoms. The molecule has 1 aromatic heterocycles. The Balaban J connectivity index is 1.77. The second kappa shape index (κ2) is 9.49. The van der Waals surface area contributed by atoms with E-state index in [-0.39, 0.29) is 11.0 Å². The maximum atomic E-state index is 12.3.